The first-order valence-electron chi connectivity index (χ1n) is 5.78. The Morgan fingerprint density at radius 1 is 1.47 bits per heavy atom. The van der Waals surface area contributed by atoms with Crippen molar-refractivity contribution in [2.45, 2.75) is 12.8 Å². The van der Waals surface area contributed by atoms with Gasteiger partial charge in [0.2, 0.25) is 5.95 Å². The number of hydrogen-bond acceptors (Lipinski definition) is 3. The van der Waals surface area contributed by atoms with Gasteiger partial charge in [-0.1, -0.05) is 18.2 Å². The van der Waals surface area contributed by atoms with Crippen LogP contribution >= 0.6 is 0 Å². The van der Waals surface area contributed by atoms with Crippen molar-refractivity contribution >= 4 is 17.0 Å². The zero-order valence-corrected chi connectivity index (χ0v) is 9.74. The van der Waals surface area contributed by atoms with E-state index >= 15 is 0 Å². The van der Waals surface area contributed by atoms with Crippen molar-refractivity contribution in [3.05, 3.63) is 36.4 Å². The standard InChI is InChI=1S/C13H17N3O/c1-2-5-10-6-3-7-11-12(10)16-13(15-11)14-8-4-9-17/h2-3,6-7,17H,1,4-5,8-9H2,(H2,14,15,16). The van der Waals surface area contributed by atoms with E-state index in [0.29, 0.717) is 6.54 Å². The molecule has 17 heavy (non-hydrogen) atoms. The van der Waals surface area contributed by atoms with Crippen molar-refractivity contribution < 1.29 is 5.11 Å². The summed E-state index contributed by atoms with van der Waals surface area (Å²) in [4.78, 5) is 7.72. The first kappa shape index (κ1) is 11.7. The fourth-order valence-electron chi connectivity index (χ4n) is 1.78. The van der Waals surface area contributed by atoms with Crippen LogP contribution in [0.25, 0.3) is 11.0 Å². The Bertz CT molecular complexity index is 504. The van der Waals surface area contributed by atoms with E-state index in [2.05, 4.69) is 27.9 Å². The minimum Gasteiger partial charge on any atom is -0.396 e. The smallest absolute Gasteiger partial charge is 0.201 e. The molecule has 4 nitrogen and oxygen atoms in total. The lowest BCUT2D eigenvalue weighted by atomic mass is 10.1. The van der Waals surface area contributed by atoms with Gasteiger partial charge in [0.25, 0.3) is 0 Å². The molecule has 0 spiro atoms. The van der Waals surface area contributed by atoms with Crippen molar-refractivity contribution in [1.29, 1.82) is 0 Å². The number of fused-ring (bicyclic) bond motifs is 1. The third kappa shape index (κ3) is 2.65. The summed E-state index contributed by atoms with van der Waals surface area (Å²) in [7, 11) is 0. The lowest BCUT2D eigenvalue weighted by Gasteiger charge is -1.98. The predicted molar refractivity (Wildman–Crippen MR) is 70.2 cm³/mol. The molecule has 4 heteroatoms. The van der Waals surface area contributed by atoms with Crippen LogP contribution in [0.1, 0.15) is 12.0 Å². The fourth-order valence-corrected chi connectivity index (χ4v) is 1.78. The topological polar surface area (TPSA) is 60.9 Å². The molecule has 0 bridgehead atoms. The summed E-state index contributed by atoms with van der Waals surface area (Å²) in [5, 5.41) is 11.9. The molecule has 0 aliphatic rings. The number of anilines is 1. The highest BCUT2D eigenvalue weighted by Crippen LogP contribution is 2.19. The maximum Gasteiger partial charge on any atom is 0.201 e. The summed E-state index contributed by atoms with van der Waals surface area (Å²) >= 11 is 0. The number of aliphatic hydroxyl groups excluding tert-OH is 1. The molecular weight excluding hydrogens is 214 g/mol. The molecule has 2 rings (SSSR count). The van der Waals surface area contributed by atoms with Crippen molar-refractivity contribution in [2.24, 2.45) is 0 Å². The molecule has 0 saturated heterocycles. The summed E-state index contributed by atoms with van der Waals surface area (Å²) in [6.07, 6.45) is 3.41. The van der Waals surface area contributed by atoms with Gasteiger partial charge in [-0.05, 0) is 24.5 Å². The maximum atomic E-state index is 8.72. The van der Waals surface area contributed by atoms with Crippen LogP contribution in [0.4, 0.5) is 5.95 Å². The molecule has 1 aromatic carbocycles. The molecule has 0 unspecified atom stereocenters. The molecule has 0 aliphatic carbocycles. The molecule has 3 N–H and O–H groups in total. The van der Waals surface area contributed by atoms with E-state index in [-0.39, 0.29) is 6.61 Å². The zero-order valence-electron chi connectivity index (χ0n) is 9.74. The number of benzene rings is 1. The van der Waals surface area contributed by atoms with Gasteiger partial charge in [0.05, 0.1) is 11.0 Å². The van der Waals surface area contributed by atoms with Crippen LogP contribution in [0.3, 0.4) is 0 Å². The normalized spacial score (nSPS) is 10.6. The quantitative estimate of drug-likeness (QED) is 0.527. The van der Waals surface area contributed by atoms with Crippen LogP contribution in [0, 0.1) is 0 Å². The Hall–Kier alpha value is -1.81. The lowest BCUT2D eigenvalue weighted by Crippen LogP contribution is -2.04. The average Bonchev–Trinajstić information content (AvgIpc) is 2.74. The highest BCUT2D eigenvalue weighted by Gasteiger charge is 2.05. The first-order chi connectivity index (χ1) is 8.35. The van der Waals surface area contributed by atoms with Crippen LogP contribution in [0.2, 0.25) is 0 Å². The van der Waals surface area contributed by atoms with E-state index < -0.39 is 0 Å². The van der Waals surface area contributed by atoms with Gasteiger partial charge in [0, 0.05) is 13.2 Å². The van der Waals surface area contributed by atoms with Gasteiger partial charge in [-0.3, -0.25) is 0 Å². The van der Waals surface area contributed by atoms with Crippen molar-refractivity contribution in [1.82, 2.24) is 9.97 Å². The molecule has 1 heterocycles. The number of aliphatic hydroxyl groups is 1. The second-order valence-corrected chi connectivity index (χ2v) is 3.90. The van der Waals surface area contributed by atoms with Gasteiger partial charge in [0.1, 0.15) is 0 Å². The average molecular weight is 231 g/mol. The number of rotatable bonds is 6. The fraction of sp³-hybridized carbons (Fsp3) is 0.308. The van der Waals surface area contributed by atoms with E-state index in [9.17, 15) is 0 Å². The van der Waals surface area contributed by atoms with E-state index in [1.165, 1.54) is 5.56 Å². The number of imidazole rings is 1. The SMILES string of the molecule is C=CCc1cccc2[nH]c(NCCCO)nc12. The molecule has 0 saturated carbocycles. The minimum absolute atomic E-state index is 0.189. The number of allylic oxidation sites excluding steroid dienone is 1. The predicted octanol–water partition coefficient (Wildman–Crippen LogP) is 2.09. The Labute approximate surface area is 100 Å². The highest BCUT2D eigenvalue weighted by molar-refractivity contribution is 5.81. The van der Waals surface area contributed by atoms with Gasteiger partial charge in [-0.2, -0.15) is 0 Å². The van der Waals surface area contributed by atoms with Crippen LogP contribution in [-0.2, 0) is 6.42 Å². The number of H-pyrrole nitrogens is 1. The molecule has 0 amide bonds. The molecule has 0 radical (unpaired) electrons. The second kappa shape index (κ2) is 5.50. The van der Waals surface area contributed by atoms with Gasteiger partial charge in [-0.15, -0.1) is 6.58 Å². The highest BCUT2D eigenvalue weighted by atomic mass is 16.3. The van der Waals surface area contributed by atoms with E-state index in [0.717, 1.165) is 29.8 Å². The van der Waals surface area contributed by atoms with Gasteiger partial charge in [0.15, 0.2) is 0 Å². The van der Waals surface area contributed by atoms with Crippen LogP contribution in [0.15, 0.2) is 30.9 Å². The van der Waals surface area contributed by atoms with Crippen molar-refractivity contribution in [3.8, 4) is 0 Å². The van der Waals surface area contributed by atoms with Gasteiger partial charge < -0.3 is 15.4 Å². The number of hydrogen-bond donors (Lipinski definition) is 3. The molecular formula is C13H17N3O. The van der Waals surface area contributed by atoms with Crippen molar-refractivity contribution in [2.75, 3.05) is 18.5 Å². The third-order valence-corrected chi connectivity index (χ3v) is 2.59. The summed E-state index contributed by atoms with van der Waals surface area (Å²) < 4.78 is 0. The van der Waals surface area contributed by atoms with Crippen LogP contribution in [0.5, 0.6) is 0 Å². The number of para-hydroxylation sites is 1. The third-order valence-electron chi connectivity index (χ3n) is 2.59. The Balaban J connectivity index is 2.23. The Kier molecular flexibility index (Phi) is 3.77. The summed E-state index contributed by atoms with van der Waals surface area (Å²) in [6, 6.07) is 6.07. The van der Waals surface area contributed by atoms with Gasteiger partial charge in [-0.25, -0.2) is 4.98 Å². The molecule has 0 fully saturated rings. The summed E-state index contributed by atoms with van der Waals surface area (Å²) in [5.41, 5.74) is 3.18. The number of nitrogens with one attached hydrogen (secondary N) is 2. The number of aromatic amines is 1. The summed E-state index contributed by atoms with van der Waals surface area (Å²) in [5.74, 6) is 0.755. The lowest BCUT2D eigenvalue weighted by molar-refractivity contribution is 0.292. The first-order valence-corrected chi connectivity index (χ1v) is 5.78. The molecule has 0 aliphatic heterocycles. The second-order valence-electron chi connectivity index (χ2n) is 3.90. The van der Waals surface area contributed by atoms with Gasteiger partial charge >= 0.3 is 0 Å². The monoisotopic (exact) mass is 231 g/mol. The van der Waals surface area contributed by atoms with Crippen LogP contribution < -0.4 is 5.32 Å². The Morgan fingerprint density at radius 3 is 3.12 bits per heavy atom. The molecule has 90 valence electrons. The van der Waals surface area contributed by atoms with E-state index in [1.807, 2.05) is 18.2 Å². The maximum absolute atomic E-state index is 8.72. The van der Waals surface area contributed by atoms with E-state index in [1.54, 1.807) is 0 Å². The Morgan fingerprint density at radius 2 is 2.35 bits per heavy atom. The number of nitrogens with zero attached hydrogens (tertiary/aromatic N) is 1. The van der Waals surface area contributed by atoms with Crippen LogP contribution in [-0.4, -0.2) is 28.2 Å². The van der Waals surface area contributed by atoms with Crippen molar-refractivity contribution in [3.63, 3.8) is 0 Å². The number of aromatic nitrogens is 2. The zero-order chi connectivity index (χ0) is 12.1. The minimum atomic E-state index is 0.189. The molecule has 0 atom stereocenters. The summed E-state index contributed by atoms with van der Waals surface area (Å²) in [6.45, 7) is 4.65. The molecule has 2 aromatic rings. The molecule has 1 aromatic heterocycles. The van der Waals surface area contributed by atoms with E-state index in [4.69, 9.17) is 5.11 Å². The largest absolute Gasteiger partial charge is 0.396 e.